The van der Waals surface area contributed by atoms with Gasteiger partial charge in [0.2, 0.25) is 0 Å². The Morgan fingerprint density at radius 3 is 1.97 bits per heavy atom. The SMILES string of the molecule is Cc1ccccc1.[C-]#[N+]c1cc(C)c(NC(=O)C(CCC)[N+]2(CC)CCCCCC2)c(C)c1.[Y]. The van der Waals surface area contributed by atoms with Crippen LogP contribution in [0, 0.1) is 27.3 Å². The van der Waals surface area contributed by atoms with Gasteiger partial charge < -0.3 is 9.80 Å². The van der Waals surface area contributed by atoms with E-state index >= 15 is 0 Å². The second-order valence-electron chi connectivity index (χ2n) is 9.41. The molecule has 0 saturated carbocycles. The van der Waals surface area contributed by atoms with Crippen LogP contribution in [0.25, 0.3) is 4.85 Å². The summed E-state index contributed by atoms with van der Waals surface area (Å²) in [7, 11) is 0. The summed E-state index contributed by atoms with van der Waals surface area (Å²) in [5.41, 5.74) is 4.78. The molecule has 0 aliphatic carbocycles. The van der Waals surface area contributed by atoms with Crippen LogP contribution in [0.5, 0.6) is 0 Å². The summed E-state index contributed by atoms with van der Waals surface area (Å²) in [4.78, 5) is 16.9. The van der Waals surface area contributed by atoms with E-state index in [9.17, 15) is 4.79 Å². The van der Waals surface area contributed by atoms with Gasteiger partial charge in [0, 0.05) is 44.8 Å². The molecule has 1 atom stereocenters. The van der Waals surface area contributed by atoms with Crippen LogP contribution in [0.15, 0.2) is 42.5 Å². The molecule has 1 aliphatic rings. The van der Waals surface area contributed by atoms with Crippen molar-refractivity contribution in [1.82, 2.24) is 0 Å². The molecule has 4 nitrogen and oxygen atoms in total. The smallest absolute Gasteiger partial charge is 0.282 e. The maximum absolute atomic E-state index is 13.3. The zero-order valence-electron chi connectivity index (χ0n) is 21.9. The number of anilines is 1. The van der Waals surface area contributed by atoms with Crippen molar-refractivity contribution in [3.63, 3.8) is 0 Å². The Bertz CT molecular complexity index is 905. The van der Waals surface area contributed by atoms with Crippen LogP contribution in [0.4, 0.5) is 11.4 Å². The third-order valence-corrected chi connectivity index (χ3v) is 6.95. The number of quaternary nitrogens is 1. The fraction of sp³-hybridized carbons (Fsp3) is 0.517. The second-order valence-corrected chi connectivity index (χ2v) is 9.41. The Labute approximate surface area is 232 Å². The van der Waals surface area contributed by atoms with E-state index in [1.807, 2.05) is 44.2 Å². The Kier molecular flexibility index (Phi) is 13.9. The molecule has 1 heterocycles. The van der Waals surface area contributed by atoms with Crippen molar-refractivity contribution in [3.8, 4) is 0 Å². The molecule has 1 N–H and O–H groups in total. The molecule has 1 unspecified atom stereocenters. The number of aryl methyl sites for hydroxylation is 3. The van der Waals surface area contributed by atoms with Crippen molar-refractivity contribution in [2.24, 2.45) is 0 Å². The fourth-order valence-electron chi connectivity index (χ4n) is 5.04. The van der Waals surface area contributed by atoms with E-state index in [1.165, 1.54) is 31.2 Å². The van der Waals surface area contributed by atoms with Crippen LogP contribution < -0.4 is 5.32 Å². The minimum absolute atomic E-state index is 0. The third-order valence-electron chi connectivity index (χ3n) is 6.95. The molecule has 2 aromatic carbocycles. The molecule has 5 heteroatoms. The van der Waals surface area contributed by atoms with E-state index in [0.29, 0.717) is 5.69 Å². The summed E-state index contributed by atoms with van der Waals surface area (Å²) in [6.45, 7) is 20.9. The average Bonchev–Trinajstić information content (AvgIpc) is 3.07. The molecule has 1 aliphatic heterocycles. The van der Waals surface area contributed by atoms with Crippen LogP contribution in [0.1, 0.15) is 69.1 Å². The van der Waals surface area contributed by atoms with Crippen LogP contribution >= 0.6 is 0 Å². The number of carbonyl (C=O) groups is 1. The minimum atomic E-state index is 0. The van der Waals surface area contributed by atoms with E-state index in [-0.39, 0.29) is 44.7 Å². The van der Waals surface area contributed by atoms with Gasteiger partial charge in [-0.3, -0.25) is 4.79 Å². The zero-order chi connectivity index (χ0) is 24.3. The molecule has 1 fully saturated rings. The average molecular weight is 538 g/mol. The van der Waals surface area contributed by atoms with Crippen molar-refractivity contribution < 1.29 is 42.0 Å². The van der Waals surface area contributed by atoms with Gasteiger partial charge in [-0.05, 0) is 70.9 Å². The molecule has 2 aromatic rings. The van der Waals surface area contributed by atoms with Gasteiger partial charge in [0.15, 0.2) is 11.7 Å². The molecule has 0 spiro atoms. The molecule has 1 saturated heterocycles. The van der Waals surface area contributed by atoms with Gasteiger partial charge in [0.25, 0.3) is 5.91 Å². The fourth-order valence-corrected chi connectivity index (χ4v) is 5.04. The van der Waals surface area contributed by atoms with Gasteiger partial charge in [-0.2, -0.15) is 0 Å². The normalized spacial score (nSPS) is 15.4. The minimum Gasteiger partial charge on any atom is -0.321 e. The number of nitrogens with zero attached hydrogens (tertiary/aromatic N) is 2. The predicted octanol–water partition coefficient (Wildman–Crippen LogP) is 7.36. The molecular weight excluding hydrogens is 495 g/mol. The Morgan fingerprint density at radius 1 is 1.00 bits per heavy atom. The van der Waals surface area contributed by atoms with Gasteiger partial charge in [-0.1, -0.05) is 55.0 Å². The standard InChI is InChI=1S/C22H33N3O.C7H8.Y/c1-6-12-20(25(7-2)13-10-8-9-11-14-25)22(26)24-21-17(3)15-19(23-5)16-18(21)4;1-7-5-3-2-4-6-7;/h15-16,20H,6-14H2,1-4H3;2-6H,1H3;/p+1. The topological polar surface area (TPSA) is 33.5 Å². The van der Waals surface area contributed by atoms with Crippen LogP contribution in [0.2, 0.25) is 0 Å². The second kappa shape index (κ2) is 15.5. The summed E-state index contributed by atoms with van der Waals surface area (Å²) in [6.07, 6.45) is 6.97. The van der Waals surface area contributed by atoms with Gasteiger partial charge in [-0.15, -0.1) is 0 Å². The first-order valence-electron chi connectivity index (χ1n) is 12.5. The number of likely N-dealkylation sites (tertiary alicyclic amines) is 1. The first-order chi connectivity index (χ1) is 15.9. The number of hydrogen-bond acceptors (Lipinski definition) is 1. The zero-order valence-corrected chi connectivity index (χ0v) is 24.7. The van der Waals surface area contributed by atoms with Gasteiger partial charge in [0.1, 0.15) is 0 Å². The van der Waals surface area contributed by atoms with Gasteiger partial charge in [-0.25, -0.2) is 4.85 Å². The third kappa shape index (κ3) is 8.60. The Morgan fingerprint density at radius 2 is 1.56 bits per heavy atom. The summed E-state index contributed by atoms with van der Waals surface area (Å²) in [5, 5.41) is 3.23. The van der Waals surface area contributed by atoms with Crippen molar-refractivity contribution in [3.05, 3.63) is 70.6 Å². The number of amides is 1. The molecular formula is C29H42N3OY+. The maximum Gasteiger partial charge on any atom is 0.282 e. The van der Waals surface area contributed by atoms with Gasteiger partial charge in [0.05, 0.1) is 26.2 Å². The van der Waals surface area contributed by atoms with Crippen molar-refractivity contribution >= 4 is 17.3 Å². The quantitative estimate of drug-likeness (QED) is 0.303. The van der Waals surface area contributed by atoms with Crippen LogP contribution in [0.3, 0.4) is 0 Å². The summed E-state index contributed by atoms with van der Waals surface area (Å²) in [6, 6.07) is 14.0. The Hall–Kier alpha value is -1.54. The van der Waals surface area contributed by atoms with E-state index in [0.717, 1.165) is 53.8 Å². The van der Waals surface area contributed by atoms with Crippen LogP contribution in [-0.2, 0) is 37.5 Å². The molecule has 0 bridgehead atoms. The monoisotopic (exact) mass is 537 g/mol. The number of nitrogens with one attached hydrogen (secondary N) is 1. The molecule has 1 radical (unpaired) electrons. The number of rotatable bonds is 6. The first kappa shape index (κ1) is 30.5. The van der Waals surface area contributed by atoms with Crippen molar-refractivity contribution in [1.29, 1.82) is 0 Å². The number of benzene rings is 2. The van der Waals surface area contributed by atoms with Crippen molar-refractivity contribution in [2.75, 3.05) is 25.0 Å². The van der Waals surface area contributed by atoms with E-state index in [4.69, 9.17) is 6.57 Å². The summed E-state index contributed by atoms with van der Waals surface area (Å²) >= 11 is 0. The van der Waals surface area contributed by atoms with Crippen molar-refractivity contribution in [2.45, 2.75) is 79.2 Å². The van der Waals surface area contributed by atoms with Crippen LogP contribution in [-0.4, -0.2) is 36.1 Å². The van der Waals surface area contributed by atoms with E-state index in [1.54, 1.807) is 0 Å². The molecule has 34 heavy (non-hydrogen) atoms. The van der Waals surface area contributed by atoms with Gasteiger partial charge >= 0.3 is 0 Å². The number of likely N-dealkylation sites (N-methyl/N-ethyl adjacent to an activating group) is 1. The predicted molar refractivity (Wildman–Crippen MR) is 140 cm³/mol. The Balaban J connectivity index is 0.000000618. The number of hydrogen-bond donors (Lipinski definition) is 1. The molecule has 181 valence electrons. The first-order valence-corrected chi connectivity index (χ1v) is 12.5. The summed E-state index contributed by atoms with van der Waals surface area (Å²) < 4.78 is 0.928. The van der Waals surface area contributed by atoms with E-state index in [2.05, 4.69) is 43.1 Å². The number of carbonyl (C=O) groups excluding carboxylic acids is 1. The molecule has 1 amide bonds. The molecule has 0 aromatic heterocycles. The maximum atomic E-state index is 13.3. The largest absolute Gasteiger partial charge is 0.321 e. The summed E-state index contributed by atoms with van der Waals surface area (Å²) in [5.74, 6) is 0.150. The van der Waals surface area contributed by atoms with E-state index < -0.39 is 0 Å². The molecule has 3 rings (SSSR count).